The molecule has 6 nitrogen and oxygen atoms in total. The van der Waals surface area contributed by atoms with Crippen LogP contribution in [0.15, 0.2) is 30.7 Å². The van der Waals surface area contributed by atoms with Crippen molar-refractivity contribution in [3.8, 4) is 0 Å². The van der Waals surface area contributed by atoms with E-state index in [1.54, 1.807) is 18.3 Å². The van der Waals surface area contributed by atoms with Crippen LogP contribution in [0, 0.1) is 6.92 Å². The van der Waals surface area contributed by atoms with E-state index in [0.29, 0.717) is 17.9 Å². The number of primary amides is 1. The third kappa shape index (κ3) is 4.32. The predicted molar refractivity (Wildman–Crippen MR) is 64.2 cm³/mol. The van der Waals surface area contributed by atoms with E-state index in [4.69, 9.17) is 11.5 Å². The summed E-state index contributed by atoms with van der Waals surface area (Å²) in [6, 6.07) is 3.43. The van der Waals surface area contributed by atoms with Crippen molar-refractivity contribution in [1.29, 1.82) is 0 Å². The summed E-state index contributed by atoms with van der Waals surface area (Å²) in [4.78, 5) is 18.2. The molecule has 0 fully saturated rings. The first-order valence-electron chi connectivity index (χ1n) is 5.49. The number of amides is 1. The summed E-state index contributed by atoms with van der Waals surface area (Å²) in [6.07, 6.45) is 5.33. The fraction of sp³-hybridized carbons (Fsp3) is 0.167. The van der Waals surface area contributed by atoms with Crippen LogP contribution >= 0.6 is 0 Å². The summed E-state index contributed by atoms with van der Waals surface area (Å²) < 4.78 is 1.83. The molecule has 0 saturated heterocycles. The Morgan fingerprint density at radius 2 is 2.15 bits per heavy atom. The van der Waals surface area contributed by atoms with Gasteiger partial charge in [-0.1, -0.05) is 0 Å². The normalized spacial score (nSPS) is 9.25. The Balaban J connectivity index is 0.00000180. The third-order valence-corrected chi connectivity index (χ3v) is 2.57. The summed E-state index contributed by atoms with van der Waals surface area (Å²) >= 11 is 0. The van der Waals surface area contributed by atoms with E-state index in [0.717, 1.165) is 11.4 Å². The number of pyridine rings is 1. The Morgan fingerprint density at radius 3 is 2.75 bits per heavy atom. The zero-order valence-electron chi connectivity index (χ0n) is 10.8. The molecule has 0 radical (unpaired) electrons. The number of halogens is 2. The van der Waals surface area contributed by atoms with Gasteiger partial charge in [-0.15, -0.1) is 0 Å². The molecule has 0 atom stereocenters. The highest BCUT2D eigenvalue weighted by Crippen LogP contribution is 2.04. The number of aromatic amines is 1. The molecule has 1 amide bonds. The summed E-state index contributed by atoms with van der Waals surface area (Å²) in [7, 11) is 0. The van der Waals surface area contributed by atoms with Gasteiger partial charge in [0.05, 0.1) is 0 Å². The van der Waals surface area contributed by atoms with Gasteiger partial charge in [-0.2, -0.15) is 4.57 Å². The van der Waals surface area contributed by atoms with Crippen molar-refractivity contribution in [2.45, 2.75) is 13.5 Å². The van der Waals surface area contributed by atoms with Crippen molar-refractivity contribution in [1.82, 2.24) is 4.98 Å². The average Bonchev–Trinajstić information content (AvgIpc) is 2.33. The summed E-state index contributed by atoms with van der Waals surface area (Å²) in [5.74, 6) is 0.779. The number of hydrogen-bond donors (Lipinski definition) is 2. The zero-order chi connectivity index (χ0) is 13.1. The number of aryl methyl sites for hydroxylation is 1. The maximum absolute atomic E-state index is 11.1. The number of nitrogens with two attached hydrogens (primary N) is 2. The van der Waals surface area contributed by atoms with E-state index in [2.05, 4.69) is 9.97 Å². The summed E-state index contributed by atoms with van der Waals surface area (Å²) in [5, 5.41) is 0. The first kappa shape index (κ1) is 18.1. The molecular formula is C12H15Cl2N5O. The zero-order valence-corrected chi connectivity index (χ0v) is 12.3. The number of nitrogens with zero attached hydrogens (tertiary/aromatic N) is 2. The van der Waals surface area contributed by atoms with E-state index < -0.39 is 5.91 Å². The van der Waals surface area contributed by atoms with Crippen molar-refractivity contribution in [2.75, 3.05) is 5.73 Å². The second kappa shape index (κ2) is 7.62. The van der Waals surface area contributed by atoms with Gasteiger partial charge < -0.3 is 36.3 Å². The lowest BCUT2D eigenvalue weighted by Gasteiger charge is -1.98. The monoisotopic (exact) mass is 315 g/mol. The van der Waals surface area contributed by atoms with Crippen LogP contribution in [-0.2, 0) is 6.54 Å². The van der Waals surface area contributed by atoms with Crippen LogP contribution < -0.4 is 45.8 Å². The van der Waals surface area contributed by atoms with Gasteiger partial charge >= 0.3 is 0 Å². The van der Waals surface area contributed by atoms with E-state index in [1.165, 1.54) is 0 Å². The second-order valence-electron chi connectivity index (χ2n) is 4.03. The van der Waals surface area contributed by atoms with Crippen LogP contribution in [0.4, 0.5) is 5.82 Å². The fourth-order valence-corrected chi connectivity index (χ4v) is 1.64. The largest absolute Gasteiger partial charge is 1.00 e. The van der Waals surface area contributed by atoms with Gasteiger partial charge in [0, 0.05) is 13.0 Å². The molecule has 2 aromatic rings. The van der Waals surface area contributed by atoms with E-state index in [1.807, 2.05) is 23.9 Å². The van der Waals surface area contributed by atoms with Crippen molar-refractivity contribution < 1.29 is 39.2 Å². The van der Waals surface area contributed by atoms with Crippen molar-refractivity contribution in [3.63, 3.8) is 0 Å². The standard InChI is InChI=1S/C12H13N5O.2ClH/c1-8-15-5-10(11(13)16-8)7-17-4-2-3-9(6-17)12(14)18;;/h2-6H,7H2,1H3,(H3-,13,14,15,16,18);2*1H. The van der Waals surface area contributed by atoms with Crippen LogP contribution in [0.25, 0.3) is 0 Å². The second-order valence-corrected chi connectivity index (χ2v) is 4.03. The maximum Gasteiger partial charge on any atom is 0.295 e. The molecule has 2 aromatic heterocycles. The molecule has 20 heavy (non-hydrogen) atoms. The lowest BCUT2D eigenvalue weighted by molar-refractivity contribution is -0.688. The third-order valence-electron chi connectivity index (χ3n) is 2.57. The van der Waals surface area contributed by atoms with Crippen LogP contribution in [0.5, 0.6) is 0 Å². The number of carbonyl (C=O) groups excluding carboxylic acids is 1. The van der Waals surface area contributed by atoms with Crippen LogP contribution in [0.1, 0.15) is 21.7 Å². The highest BCUT2D eigenvalue weighted by Gasteiger charge is 2.14. The van der Waals surface area contributed by atoms with Gasteiger partial charge in [0.2, 0.25) is 0 Å². The number of carbonyl (C=O) groups is 1. The predicted octanol–water partition coefficient (Wildman–Crippen LogP) is -6.77. The minimum Gasteiger partial charge on any atom is -1.00 e. The van der Waals surface area contributed by atoms with E-state index in [-0.39, 0.29) is 24.8 Å². The molecule has 5 N–H and O–H groups in total. The molecule has 0 bridgehead atoms. The lowest BCUT2D eigenvalue weighted by atomic mass is 10.2. The molecule has 108 valence electrons. The highest BCUT2D eigenvalue weighted by atomic mass is 35.5. The van der Waals surface area contributed by atoms with Crippen LogP contribution in [0.2, 0.25) is 0 Å². The number of nitrogen functional groups attached to an aromatic ring is 1. The highest BCUT2D eigenvalue weighted by molar-refractivity contribution is 5.92. The lowest BCUT2D eigenvalue weighted by Crippen LogP contribution is -3.00. The summed E-state index contributed by atoms with van der Waals surface area (Å²) in [6.45, 7) is 2.36. The van der Waals surface area contributed by atoms with Crippen LogP contribution in [-0.4, -0.2) is 10.9 Å². The molecule has 0 aromatic carbocycles. The molecular weight excluding hydrogens is 301 g/mol. The smallest absolute Gasteiger partial charge is 0.295 e. The molecule has 0 aliphatic rings. The fourth-order valence-electron chi connectivity index (χ4n) is 1.64. The maximum atomic E-state index is 11.1. The molecule has 2 rings (SSSR count). The van der Waals surface area contributed by atoms with Crippen LogP contribution in [0.3, 0.4) is 0 Å². The quantitative estimate of drug-likeness (QED) is 0.551. The molecule has 0 saturated carbocycles. The van der Waals surface area contributed by atoms with Crippen molar-refractivity contribution >= 4 is 11.7 Å². The van der Waals surface area contributed by atoms with E-state index in [9.17, 15) is 4.79 Å². The van der Waals surface area contributed by atoms with Gasteiger partial charge in [-0.3, -0.25) is 4.79 Å². The Bertz CT molecular complexity index is 606. The molecule has 0 aliphatic carbocycles. The molecule has 0 aliphatic heterocycles. The number of anilines is 1. The minimum absolute atomic E-state index is 0. The Morgan fingerprint density at radius 1 is 1.45 bits per heavy atom. The average molecular weight is 316 g/mol. The first-order valence-corrected chi connectivity index (χ1v) is 5.49. The first-order chi connectivity index (χ1) is 8.56. The van der Waals surface area contributed by atoms with Crippen molar-refractivity contribution in [3.05, 3.63) is 47.7 Å². The van der Waals surface area contributed by atoms with Gasteiger partial charge in [-0.05, 0) is 11.1 Å². The Labute approximate surface area is 129 Å². The molecule has 0 unspecified atom stereocenters. The number of nitrogens with one attached hydrogen (secondary N) is 1. The minimum atomic E-state index is -0.453. The SMILES string of the molecule is Cc1nc(N)c(C[n+]2cccc(C(N)=O)c2)c[nH+]1.[Cl-].[Cl-]. The Kier molecular flexibility index (Phi) is 6.89. The van der Waals surface area contributed by atoms with Crippen molar-refractivity contribution in [2.24, 2.45) is 5.73 Å². The number of rotatable bonds is 3. The van der Waals surface area contributed by atoms with Gasteiger partial charge in [0.15, 0.2) is 18.9 Å². The summed E-state index contributed by atoms with van der Waals surface area (Å²) in [5.41, 5.74) is 12.4. The van der Waals surface area contributed by atoms with Gasteiger partial charge in [0.25, 0.3) is 17.5 Å². The van der Waals surface area contributed by atoms with Gasteiger partial charge in [-0.25, -0.2) is 4.98 Å². The number of aromatic nitrogens is 3. The van der Waals surface area contributed by atoms with Gasteiger partial charge in [0.1, 0.15) is 17.3 Å². The Hall–Kier alpha value is -1.92. The van der Waals surface area contributed by atoms with E-state index >= 15 is 0 Å². The topological polar surface area (TPSA) is 100 Å². The molecule has 0 spiro atoms. The number of H-pyrrole nitrogens is 1. The molecule has 8 heteroatoms. The number of hydrogen-bond acceptors (Lipinski definition) is 3. The molecule has 2 heterocycles.